The van der Waals surface area contributed by atoms with Crippen LogP contribution in [0.4, 0.5) is 5.69 Å². The number of anilines is 1. The molecule has 0 bridgehead atoms. The van der Waals surface area contributed by atoms with Gasteiger partial charge in [0.1, 0.15) is 5.78 Å². The van der Waals surface area contributed by atoms with Gasteiger partial charge in [0, 0.05) is 11.1 Å². The third kappa shape index (κ3) is 5.38. The maximum Gasteiger partial charge on any atom is 0.338 e. The Balaban J connectivity index is 2.62. The molecular formula is C16H21NO4. The Kier molecular flexibility index (Phi) is 5.64. The second-order valence-electron chi connectivity index (χ2n) is 5.70. The molecule has 1 rings (SSSR count). The van der Waals surface area contributed by atoms with Crippen LogP contribution < -0.4 is 5.32 Å². The monoisotopic (exact) mass is 291 g/mol. The molecule has 114 valence electrons. The van der Waals surface area contributed by atoms with Crippen LogP contribution in [0.25, 0.3) is 0 Å². The summed E-state index contributed by atoms with van der Waals surface area (Å²) in [6.07, 6.45) is -0.164. The lowest BCUT2D eigenvalue weighted by molar-refractivity contribution is -0.130. The number of ether oxygens (including phenoxy) is 1. The van der Waals surface area contributed by atoms with Gasteiger partial charge >= 0.3 is 5.97 Å². The van der Waals surface area contributed by atoms with Gasteiger partial charge in [0.2, 0.25) is 5.91 Å². The Morgan fingerprint density at radius 2 is 1.67 bits per heavy atom. The Labute approximate surface area is 124 Å². The maximum atomic E-state index is 11.8. The summed E-state index contributed by atoms with van der Waals surface area (Å²) in [5.41, 5.74) is 0.417. The van der Waals surface area contributed by atoms with Crippen LogP contribution in [0.2, 0.25) is 0 Å². The van der Waals surface area contributed by atoms with E-state index in [2.05, 4.69) is 5.32 Å². The van der Waals surface area contributed by atoms with Crippen LogP contribution >= 0.6 is 0 Å². The molecule has 0 unspecified atom stereocenters. The molecule has 1 amide bonds. The average Bonchev–Trinajstić information content (AvgIpc) is 2.38. The number of hydrogen-bond donors (Lipinski definition) is 1. The minimum atomic E-state index is -0.537. The summed E-state index contributed by atoms with van der Waals surface area (Å²) in [4.78, 5) is 35.0. The second kappa shape index (κ2) is 7.02. The first-order valence-corrected chi connectivity index (χ1v) is 6.84. The maximum absolute atomic E-state index is 11.8. The number of nitrogens with one attached hydrogen (secondary N) is 1. The molecule has 0 radical (unpaired) electrons. The van der Waals surface area contributed by atoms with E-state index < -0.39 is 11.4 Å². The lowest BCUT2D eigenvalue weighted by Gasteiger charge is -2.16. The number of carbonyl (C=O) groups is 3. The van der Waals surface area contributed by atoms with Crippen LogP contribution in [0.3, 0.4) is 0 Å². The minimum absolute atomic E-state index is 0.122. The van der Waals surface area contributed by atoms with Crippen LogP contribution in [-0.4, -0.2) is 24.3 Å². The highest BCUT2D eigenvalue weighted by molar-refractivity contribution is 6.06. The van der Waals surface area contributed by atoms with Gasteiger partial charge in [-0.25, -0.2) is 4.79 Å². The van der Waals surface area contributed by atoms with Gasteiger partial charge in [0.15, 0.2) is 0 Å². The SMILES string of the molecule is CCOC(=O)c1ccc(NC(=O)CC(=O)C(C)(C)C)cc1. The van der Waals surface area contributed by atoms with Crippen molar-refractivity contribution in [3.63, 3.8) is 0 Å². The largest absolute Gasteiger partial charge is 0.462 e. The normalized spacial score (nSPS) is 10.9. The van der Waals surface area contributed by atoms with Crippen LogP contribution in [0.1, 0.15) is 44.5 Å². The first-order chi connectivity index (χ1) is 9.74. The van der Waals surface area contributed by atoms with Gasteiger partial charge in [-0.1, -0.05) is 20.8 Å². The summed E-state index contributed by atoms with van der Waals surface area (Å²) < 4.78 is 4.87. The molecule has 0 atom stereocenters. The fourth-order valence-electron chi connectivity index (χ4n) is 1.52. The van der Waals surface area contributed by atoms with E-state index in [-0.39, 0.29) is 18.1 Å². The fraction of sp³-hybridized carbons (Fsp3) is 0.438. The van der Waals surface area contributed by atoms with E-state index in [0.29, 0.717) is 17.9 Å². The summed E-state index contributed by atoms with van der Waals surface area (Å²) in [5.74, 6) is -0.889. The minimum Gasteiger partial charge on any atom is -0.462 e. The molecule has 0 aliphatic heterocycles. The molecular weight excluding hydrogens is 270 g/mol. The molecule has 5 nitrogen and oxygen atoms in total. The molecule has 1 aromatic carbocycles. The summed E-state index contributed by atoms with van der Waals surface area (Å²) >= 11 is 0. The average molecular weight is 291 g/mol. The van der Waals surface area contributed by atoms with Crippen LogP contribution in [0, 0.1) is 5.41 Å². The summed E-state index contributed by atoms with van der Waals surface area (Å²) in [5, 5.41) is 2.63. The Bertz CT molecular complexity index is 526. The molecule has 0 aliphatic rings. The molecule has 0 heterocycles. The van der Waals surface area contributed by atoms with E-state index in [9.17, 15) is 14.4 Å². The van der Waals surface area contributed by atoms with Gasteiger partial charge in [-0.15, -0.1) is 0 Å². The molecule has 0 spiro atoms. The van der Waals surface area contributed by atoms with Crippen molar-refractivity contribution in [3.05, 3.63) is 29.8 Å². The van der Waals surface area contributed by atoms with Crippen molar-refractivity contribution in [2.75, 3.05) is 11.9 Å². The number of benzene rings is 1. The molecule has 0 saturated heterocycles. The smallest absolute Gasteiger partial charge is 0.338 e. The molecule has 0 fully saturated rings. The highest BCUT2D eigenvalue weighted by Gasteiger charge is 2.23. The third-order valence-electron chi connectivity index (χ3n) is 2.84. The molecule has 1 N–H and O–H groups in total. The standard InChI is InChI=1S/C16H21NO4/c1-5-21-15(20)11-6-8-12(9-7-11)17-14(19)10-13(18)16(2,3)4/h6-9H,5,10H2,1-4H3,(H,17,19). The number of rotatable bonds is 5. The lowest BCUT2D eigenvalue weighted by atomic mass is 9.89. The zero-order chi connectivity index (χ0) is 16.0. The predicted molar refractivity (Wildman–Crippen MR) is 80.1 cm³/mol. The zero-order valence-corrected chi connectivity index (χ0v) is 12.9. The van der Waals surface area contributed by atoms with Gasteiger partial charge < -0.3 is 10.1 Å². The van der Waals surface area contributed by atoms with E-state index in [4.69, 9.17) is 4.74 Å². The molecule has 1 aromatic rings. The summed E-state index contributed by atoms with van der Waals surface area (Å²) in [6, 6.07) is 6.34. The molecule has 5 heteroatoms. The van der Waals surface area contributed by atoms with Crippen molar-refractivity contribution < 1.29 is 19.1 Å². The van der Waals surface area contributed by atoms with Crippen molar-refractivity contribution in [2.24, 2.45) is 5.41 Å². The lowest BCUT2D eigenvalue weighted by Crippen LogP contribution is -2.26. The highest BCUT2D eigenvalue weighted by Crippen LogP contribution is 2.17. The summed E-state index contributed by atoms with van der Waals surface area (Å²) in [6.45, 7) is 7.37. The number of ketones is 1. The number of esters is 1. The molecule has 0 saturated carbocycles. The van der Waals surface area contributed by atoms with Crippen molar-refractivity contribution >= 4 is 23.3 Å². The van der Waals surface area contributed by atoms with Crippen molar-refractivity contribution in [3.8, 4) is 0 Å². The Hall–Kier alpha value is -2.17. The van der Waals surface area contributed by atoms with E-state index in [1.807, 2.05) is 0 Å². The van der Waals surface area contributed by atoms with Crippen molar-refractivity contribution in [2.45, 2.75) is 34.1 Å². The van der Waals surface area contributed by atoms with Gasteiger partial charge in [-0.05, 0) is 31.2 Å². The topological polar surface area (TPSA) is 72.5 Å². The molecule has 21 heavy (non-hydrogen) atoms. The third-order valence-corrected chi connectivity index (χ3v) is 2.84. The zero-order valence-electron chi connectivity index (χ0n) is 12.9. The van der Waals surface area contributed by atoms with E-state index in [1.54, 1.807) is 52.0 Å². The van der Waals surface area contributed by atoms with Crippen molar-refractivity contribution in [1.82, 2.24) is 0 Å². The van der Waals surface area contributed by atoms with Crippen molar-refractivity contribution in [1.29, 1.82) is 0 Å². The van der Waals surface area contributed by atoms with Gasteiger partial charge in [0.25, 0.3) is 0 Å². The Morgan fingerprint density at radius 3 is 2.14 bits per heavy atom. The molecule has 0 aromatic heterocycles. The van der Waals surface area contributed by atoms with Crippen LogP contribution in [0.5, 0.6) is 0 Å². The van der Waals surface area contributed by atoms with Gasteiger partial charge in [0.05, 0.1) is 18.6 Å². The predicted octanol–water partition coefficient (Wildman–Crippen LogP) is 2.81. The number of hydrogen-bond acceptors (Lipinski definition) is 4. The number of Topliss-reactive ketones (excluding diaryl/α,β-unsaturated/α-hetero) is 1. The molecule has 0 aliphatic carbocycles. The van der Waals surface area contributed by atoms with E-state index >= 15 is 0 Å². The quantitative estimate of drug-likeness (QED) is 0.669. The highest BCUT2D eigenvalue weighted by atomic mass is 16.5. The van der Waals surface area contributed by atoms with Crippen LogP contribution in [0.15, 0.2) is 24.3 Å². The van der Waals surface area contributed by atoms with Gasteiger partial charge in [-0.3, -0.25) is 9.59 Å². The van der Waals surface area contributed by atoms with E-state index in [1.165, 1.54) is 0 Å². The Morgan fingerprint density at radius 1 is 1.10 bits per heavy atom. The number of amides is 1. The van der Waals surface area contributed by atoms with Crippen LogP contribution in [-0.2, 0) is 14.3 Å². The van der Waals surface area contributed by atoms with Gasteiger partial charge in [-0.2, -0.15) is 0 Å². The first kappa shape index (κ1) is 16.9. The van der Waals surface area contributed by atoms with E-state index in [0.717, 1.165) is 0 Å². The summed E-state index contributed by atoms with van der Waals surface area (Å²) in [7, 11) is 0. The fourth-order valence-corrected chi connectivity index (χ4v) is 1.52. The first-order valence-electron chi connectivity index (χ1n) is 6.84. The number of carbonyl (C=O) groups excluding carboxylic acids is 3. The second-order valence-corrected chi connectivity index (χ2v) is 5.70.